The number of hydrogen-bond donors (Lipinski definition) is 0. The van der Waals surface area contributed by atoms with E-state index in [4.69, 9.17) is 0 Å². The molecule has 1 saturated carbocycles. The van der Waals surface area contributed by atoms with E-state index in [0.717, 1.165) is 45.1 Å². The molecular weight excluding hydrogens is 212 g/mol. The quantitative estimate of drug-likeness (QED) is 0.711. The molecule has 3 heteroatoms. The normalized spacial score (nSPS) is 18.9. The Bertz CT molecular complexity index is 302. The van der Waals surface area contributed by atoms with Crippen molar-refractivity contribution in [2.24, 2.45) is 5.41 Å². The van der Waals surface area contributed by atoms with Gasteiger partial charge in [-0.05, 0) is 39.0 Å². The van der Waals surface area contributed by atoms with E-state index in [-0.39, 0.29) is 11.9 Å². The Morgan fingerprint density at radius 3 is 2.47 bits per heavy atom. The number of unbranched alkanes of at least 4 members (excludes halogenated alkanes) is 1. The SMILES string of the molecule is CCCCN(C(=O)C1(C#N)CCC1)C(C)CC. The zero-order chi connectivity index (χ0) is 12.9. The van der Waals surface area contributed by atoms with E-state index in [1.807, 2.05) is 4.90 Å². The van der Waals surface area contributed by atoms with Crippen molar-refractivity contribution in [3.63, 3.8) is 0 Å². The van der Waals surface area contributed by atoms with E-state index in [0.29, 0.717) is 0 Å². The van der Waals surface area contributed by atoms with E-state index in [9.17, 15) is 10.1 Å². The first-order valence-electron chi connectivity index (χ1n) is 6.83. The minimum Gasteiger partial charge on any atom is -0.339 e. The van der Waals surface area contributed by atoms with Gasteiger partial charge in [-0.1, -0.05) is 20.3 Å². The van der Waals surface area contributed by atoms with Gasteiger partial charge in [0, 0.05) is 12.6 Å². The first-order chi connectivity index (χ1) is 8.11. The molecule has 1 aliphatic rings. The third kappa shape index (κ3) is 2.80. The minimum atomic E-state index is -0.683. The molecule has 0 aliphatic heterocycles. The topological polar surface area (TPSA) is 44.1 Å². The molecule has 0 aromatic carbocycles. The summed E-state index contributed by atoms with van der Waals surface area (Å²) in [6, 6.07) is 2.51. The molecule has 0 N–H and O–H groups in total. The highest BCUT2D eigenvalue weighted by atomic mass is 16.2. The van der Waals surface area contributed by atoms with Crippen LogP contribution in [0.5, 0.6) is 0 Å². The van der Waals surface area contributed by atoms with E-state index < -0.39 is 5.41 Å². The van der Waals surface area contributed by atoms with Crippen LogP contribution in [0.2, 0.25) is 0 Å². The molecule has 0 heterocycles. The molecule has 1 rings (SSSR count). The summed E-state index contributed by atoms with van der Waals surface area (Å²) in [7, 11) is 0. The van der Waals surface area contributed by atoms with Crippen molar-refractivity contribution < 1.29 is 4.79 Å². The van der Waals surface area contributed by atoms with Crippen molar-refractivity contribution in [3.05, 3.63) is 0 Å². The Labute approximate surface area is 105 Å². The van der Waals surface area contributed by atoms with Crippen LogP contribution in [0.4, 0.5) is 0 Å². The zero-order valence-corrected chi connectivity index (χ0v) is 11.3. The summed E-state index contributed by atoms with van der Waals surface area (Å²) in [6.07, 6.45) is 5.58. The minimum absolute atomic E-state index is 0.0778. The fourth-order valence-electron chi connectivity index (χ4n) is 2.25. The van der Waals surface area contributed by atoms with Crippen LogP contribution in [0.3, 0.4) is 0 Å². The van der Waals surface area contributed by atoms with Gasteiger partial charge in [-0.3, -0.25) is 4.79 Å². The second-order valence-electron chi connectivity index (χ2n) is 5.16. The molecule has 0 radical (unpaired) electrons. The number of hydrogen-bond acceptors (Lipinski definition) is 2. The molecule has 3 nitrogen and oxygen atoms in total. The summed E-state index contributed by atoms with van der Waals surface area (Å²) in [6.45, 7) is 7.10. The van der Waals surface area contributed by atoms with Crippen molar-refractivity contribution >= 4 is 5.91 Å². The average molecular weight is 236 g/mol. The van der Waals surface area contributed by atoms with Crippen LogP contribution in [0.25, 0.3) is 0 Å². The van der Waals surface area contributed by atoms with Crippen molar-refractivity contribution in [2.75, 3.05) is 6.54 Å². The third-order valence-electron chi connectivity index (χ3n) is 3.97. The maximum absolute atomic E-state index is 12.5. The first-order valence-corrected chi connectivity index (χ1v) is 6.83. The second kappa shape index (κ2) is 6.05. The van der Waals surface area contributed by atoms with Gasteiger partial charge in [-0.15, -0.1) is 0 Å². The Hall–Kier alpha value is -1.04. The number of carbonyl (C=O) groups excluding carboxylic acids is 1. The molecule has 1 aliphatic carbocycles. The van der Waals surface area contributed by atoms with Crippen molar-refractivity contribution in [3.8, 4) is 6.07 Å². The van der Waals surface area contributed by atoms with E-state index in [1.165, 1.54) is 0 Å². The maximum Gasteiger partial charge on any atom is 0.243 e. The van der Waals surface area contributed by atoms with Gasteiger partial charge >= 0.3 is 0 Å². The Balaban J connectivity index is 2.75. The average Bonchev–Trinajstić information content (AvgIpc) is 2.28. The Kier molecular flexibility index (Phi) is 4.99. The molecule has 0 aromatic heterocycles. The molecule has 0 aromatic rings. The summed E-state index contributed by atoms with van der Waals surface area (Å²) >= 11 is 0. The number of nitrogens with zero attached hydrogens (tertiary/aromatic N) is 2. The molecule has 0 bridgehead atoms. The maximum atomic E-state index is 12.5. The van der Waals surface area contributed by atoms with Gasteiger partial charge in [0.1, 0.15) is 5.41 Å². The van der Waals surface area contributed by atoms with Crippen LogP contribution in [0.15, 0.2) is 0 Å². The van der Waals surface area contributed by atoms with Crippen LogP contribution < -0.4 is 0 Å². The van der Waals surface area contributed by atoms with Crippen LogP contribution in [0.1, 0.15) is 59.3 Å². The number of carbonyl (C=O) groups is 1. The predicted octanol–water partition coefficient (Wildman–Crippen LogP) is 3.11. The van der Waals surface area contributed by atoms with Crippen molar-refractivity contribution in [1.82, 2.24) is 4.90 Å². The van der Waals surface area contributed by atoms with Gasteiger partial charge in [-0.25, -0.2) is 0 Å². The highest BCUT2D eigenvalue weighted by molar-refractivity contribution is 5.86. The molecule has 1 atom stereocenters. The van der Waals surface area contributed by atoms with E-state index in [2.05, 4.69) is 26.8 Å². The van der Waals surface area contributed by atoms with Crippen LogP contribution in [-0.2, 0) is 4.79 Å². The molecule has 0 saturated heterocycles. The van der Waals surface area contributed by atoms with Gasteiger partial charge in [-0.2, -0.15) is 5.26 Å². The largest absolute Gasteiger partial charge is 0.339 e. The lowest BCUT2D eigenvalue weighted by Crippen LogP contribution is -2.50. The standard InChI is InChI=1S/C14H24N2O/c1-4-6-10-16(12(3)5-2)13(17)14(11-15)8-7-9-14/h12H,4-10H2,1-3H3. The van der Waals surface area contributed by atoms with Crippen LogP contribution in [0, 0.1) is 16.7 Å². The predicted molar refractivity (Wildman–Crippen MR) is 68.3 cm³/mol. The second-order valence-corrected chi connectivity index (χ2v) is 5.16. The monoisotopic (exact) mass is 236 g/mol. The van der Waals surface area contributed by atoms with Gasteiger partial charge in [0.25, 0.3) is 0 Å². The lowest BCUT2D eigenvalue weighted by molar-refractivity contribution is -0.145. The van der Waals surface area contributed by atoms with Crippen molar-refractivity contribution in [2.45, 2.75) is 65.3 Å². The summed E-state index contributed by atoms with van der Waals surface area (Å²) in [5.41, 5.74) is -0.683. The summed E-state index contributed by atoms with van der Waals surface area (Å²) < 4.78 is 0. The molecule has 1 amide bonds. The van der Waals surface area contributed by atoms with Crippen LogP contribution in [-0.4, -0.2) is 23.4 Å². The van der Waals surface area contributed by atoms with Gasteiger partial charge in [0.2, 0.25) is 5.91 Å². The van der Waals surface area contributed by atoms with Crippen LogP contribution >= 0.6 is 0 Å². The van der Waals surface area contributed by atoms with Crippen molar-refractivity contribution in [1.29, 1.82) is 5.26 Å². The Morgan fingerprint density at radius 1 is 1.47 bits per heavy atom. The number of nitriles is 1. The molecule has 96 valence electrons. The molecular formula is C14H24N2O. The highest BCUT2D eigenvalue weighted by Gasteiger charge is 2.47. The fraction of sp³-hybridized carbons (Fsp3) is 0.857. The molecule has 1 fully saturated rings. The van der Waals surface area contributed by atoms with E-state index >= 15 is 0 Å². The molecule has 0 spiro atoms. The highest BCUT2D eigenvalue weighted by Crippen LogP contribution is 2.42. The van der Waals surface area contributed by atoms with Gasteiger partial charge in [0.15, 0.2) is 0 Å². The summed E-state index contributed by atoms with van der Waals surface area (Å²) in [4.78, 5) is 14.4. The Morgan fingerprint density at radius 2 is 2.12 bits per heavy atom. The van der Waals surface area contributed by atoms with Gasteiger partial charge < -0.3 is 4.90 Å². The first kappa shape index (κ1) is 14.0. The smallest absolute Gasteiger partial charge is 0.243 e. The lowest BCUT2D eigenvalue weighted by Gasteiger charge is -2.40. The lowest BCUT2D eigenvalue weighted by atomic mass is 9.68. The summed E-state index contributed by atoms with van der Waals surface area (Å²) in [5.74, 6) is 0.0778. The molecule has 1 unspecified atom stereocenters. The molecule has 17 heavy (non-hydrogen) atoms. The zero-order valence-electron chi connectivity index (χ0n) is 11.3. The van der Waals surface area contributed by atoms with E-state index in [1.54, 1.807) is 0 Å². The number of rotatable bonds is 6. The number of amides is 1. The third-order valence-corrected chi connectivity index (χ3v) is 3.97. The summed E-state index contributed by atoms with van der Waals surface area (Å²) in [5, 5.41) is 9.24. The van der Waals surface area contributed by atoms with Gasteiger partial charge in [0.05, 0.1) is 6.07 Å². The fourth-order valence-corrected chi connectivity index (χ4v) is 2.25.